The molecule has 0 radical (unpaired) electrons. The summed E-state index contributed by atoms with van der Waals surface area (Å²) in [5.41, 5.74) is 1.28. The number of nitrogens with zero attached hydrogens (tertiary/aromatic N) is 2. The summed E-state index contributed by atoms with van der Waals surface area (Å²) >= 11 is 0. The predicted octanol–water partition coefficient (Wildman–Crippen LogP) is 2.62. The molecular formula is C17H21N3O3. The summed E-state index contributed by atoms with van der Waals surface area (Å²) in [6, 6.07) is 8.91. The molecule has 0 aliphatic rings. The van der Waals surface area contributed by atoms with Gasteiger partial charge in [-0.15, -0.1) is 0 Å². The number of carboxylic acid groups (broad SMARTS) is 1. The monoisotopic (exact) mass is 315 g/mol. The Morgan fingerprint density at radius 2 is 2.04 bits per heavy atom. The van der Waals surface area contributed by atoms with Crippen molar-refractivity contribution in [3.05, 3.63) is 47.8 Å². The van der Waals surface area contributed by atoms with Gasteiger partial charge in [-0.2, -0.15) is 5.10 Å². The number of nitrogens with one attached hydrogen (secondary N) is 1. The summed E-state index contributed by atoms with van der Waals surface area (Å²) in [6.07, 6.45) is 2.37. The molecule has 6 nitrogen and oxygen atoms in total. The van der Waals surface area contributed by atoms with E-state index < -0.39 is 11.4 Å². The van der Waals surface area contributed by atoms with Crippen LogP contribution < -0.4 is 5.32 Å². The van der Waals surface area contributed by atoms with Crippen molar-refractivity contribution in [2.24, 2.45) is 5.41 Å². The Balaban J connectivity index is 2.11. The molecule has 0 saturated carbocycles. The van der Waals surface area contributed by atoms with Crippen molar-refractivity contribution in [1.82, 2.24) is 15.1 Å². The SMILES string of the molecule is CCC(C)(C)C(=O)NCc1cccc(-n2ccc(C(=O)O)n2)c1. The fraction of sp³-hybridized carbons (Fsp3) is 0.353. The zero-order chi connectivity index (χ0) is 17.0. The van der Waals surface area contributed by atoms with Crippen molar-refractivity contribution in [3.63, 3.8) is 0 Å². The number of amides is 1. The highest BCUT2D eigenvalue weighted by molar-refractivity contribution is 5.85. The fourth-order valence-electron chi connectivity index (χ4n) is 1.97. The number of carboxylic acids is 1. The molecule has 2 N–H and O–H groups in total. The van der Waals surface area contributed by atoms with Crippen LogP contribution in [0.15, 0.2) is 36.5 Å². The first kappa shape index (κ1) is 16.7. The molecule has 0 fully saturated rings. The lowest BCUT2D eigenvalue weighted by Crippen LogP contribution is -2.36. The van der Waals surface area contributed by atoms with Crippen molar-refractivity contribution in [3.8, 4) is 5.69 Å². The van der Waals surface area contributed by atoms with E-state index in [1.165, 1.54) is 10.7 Å². The fourth-order valence-corrected chi connectivity index (χ4v) is 1.97. The quantitative estimate of drug-likeness (QED) is 0.858. The van der Waals surface area contributed by atoms with Crippen LogP contribution in [0.2, 0.25) is 0 Å². The summed E-state index contributed by atoms with van der Waals surface area (Å²) in [7, 11) is 0. The molecule has 1 aromatic heterocycles. The molecule has 6 heteroatoms. The van der Waals surface area contributed by atoms with Crippen LogP contribution in [-0.4, -0.2) is 26.8 Å². The highest BCUT2D eigenvalue weighted by atomic mass is 16.4. The Morgan fingerprint density at radius 1 is 1.30 bits per heavy atom. The highest BCUT2D eigenvalue weighted by Gasteiger charge is 2.24. The van der Waals surface area contributed by atoms with E-state index in [1.54, 1.807) is 6.20 Å². The normalized spacial score (nSPS) is 11.3. The maximum Gasteiger partial charge on any atom is 0.356 e. The number of carbonyl (C=O) groups excluding carboxylic acids is 1. The summed E-state index contributed by atoms with van der Waals surface area (Å²) in [5, 5.41) is 15.8. The molecule has 1 heterocycles. The number of hydrogen-bond donors (Lipinski definition) is 2. The zero-order valence-electron chi connectivity index (χ0n) is 13.5. The lowest BCUT2D eigenvalue weighted by molar-refractivity contribution is -0.129. The summed E-state index contributed by atoms with van der Waals surface area (Å²) in [4.78, 5) is 23.0. The molecule has 23 heavy (non-hydrogen) atoms. The average Bonchev–Trinajstić information content (AvgIpc) is 3.03. The van der Waals surface area contributed by atoms with Crippen LogP contribution in [0.3, 0.4) is 0 Å². The van der Waals surface area contributed by atoms with Crippen LogP contribution in [0.25, 0.3) is 5.69 Å². The number of aromatic carboxylic acids is 1. The largest absolute Gasteiger partial charge is 0.476 e. The molecule has 0 atom stereocenters. The van der Waals surface area contributed by atoms with Gasteiger partial charge in [0.15, 0.2) is 5.69 Å². The van der Waals surface area contributed by atoms with Crippen LogP contribution >= 0.6 is 0 Å². The van der Waals surface area contributed by atoms with E-state index >= 15 is 0 Å². The molecule has 122 valence electrons. The Bertz CT molecular complexity index is 719. The summed E-state index contributed by atoms with van der Waals surface area (Å²) < 4.78 is 1.50. The van der Waals surface area contributed by atoms with Crippen molar-refractivity contribution in [1.29, 1.82) is 0 Å². The number of aromatic nitrogens is 2. The van der Waals surface area contributed by atoms with E-state index in [2.05, 4.69) is 10.4 Å². The number of rotatable bonds is 6. The van der Waals surface area contributed by atoms with Gasteiger partial charge in [-0.25, -0.2) is 9.48 Å². The second-order valence-corrected chi connectivity index (χ2v) is 6.04. The van der Waals surface area contributed by atoms with Gasteiger partial charge in [0, 0.05) is 18.2 Å². The van der Waals surface area contributed by atoms with Gasteiger partial charge in [0.2, 0.25) is 5.91 Å². The van der Waals surface area contributed by atoms with Crippen molar-refractivity contribution in [2.75, 3.05) is 0 Å². The first-order valence-electron chi connectivity index (χ1n) is 7.50. The Hall–Kier alpha value is -2.63. The lowest BCUT2D eigenvalue weighted by Gasteiger charge is -2.21. The lowest BCUT2D eigenvalue weighted by atomic mass is 9.89. The third-order valence-electron chi connectivity index (χ3n) is 3.93. The smallest absolute Gasteiger partial charge is 0.356 e. The van der Waals surface area contributed by atoms with Gasteiger partial charge in [-0.05, 0) is 30.2 Å². The second-order valence-electron chi connectivity index (χ2n) is 6.04. The summed E-state index contributed by atoms with van der Waals surface area (Å²) in [6.45, 7) is 6.23. The van der Waals surface area contributed by atoms with Crippen molar-refractivity contribution < 1.29 is 14.7 Å². The molecule has 2 aromatic rings. The molecule has 0 unspecified atom stereocenters. The zero-order valence-corrected chi connectivity index (χ0v) is 13.5. The van der Waals surface area contributed by atoms with E-state index in [4.69, 9.17) is 5.11 Å². The first-order chi connectivity index (χ1) is 10.8. The average molecular weight is 315 g/mol. The minimum atomic E-state index is -1.06. The number of hydrogen-bond acceptors (Lipinski definition) is 3. The van der Waals surface area contributed by atoms with Crippen LogP contribution in [0.5, 0.6) is 0 Å². The maximum atomic E-state index is 12.1. The van der Waals surface area contributed by atoms with Crippen molar-refractivity contribution in [2.45, 2.75) is 33.7 Å². The van der Waals surface area contributed by atoms with Gasteiger partial charge in [0.1, 0.15) is 0 Å². The standard InChI is InChI=1S/C17H21N3O3/c1-4-17(2,3)16(23)18-11-12-6-5-7-13(10-12)20-9-8-14(19-20)15(21)22/h5-10H,4,11H2,1-3H3,(H,18,23)(H,21,22). The van der Waals surface area contributed by atoms with Gasteiger partial charge >= 0.3 is 5.97 Å². The first-order valence-corrected chi connectivity index (χ1v) is 7.50. The van der Waals surface area contributed by atoms with E-state index in [0.29, 0.717) is 6.54 Å². The number of benzene rings is 1. The predicted molar refractivity (Wildman–Crippen MR) is 86.4 cm³/mol. The molecule has 0 spiro atoms. The van der Waals surface area contributed by atoms with Gasteiger partial charge < -0.3 is 10.4 Å². The van der Waals surface area contributed by atoms with Gasteiger partial charge in [0.25, 0.3) is 0 Å². The van der Waals surface area contributed by atoms with E-state index in [0.717, 1.165) is 17.7 Å². The van der Waals surface area contributed by atoms with E-state index in [9.17, 15) is 9.59 Å². The molecule has 0 aliphatic carbocycles. The molecule has 2 rings (SSSR count). The Morgan fingerprint density at radius 3 is 2.65 bits per heavy atom. The second kappa shape index (κ2) is 6.64. The molecule has 1 aromatic carbocycles. The third kappa shape index (κ3) is 3.97. The molecule has 1 amide bonds. The van der Waals surface area contributed by atoms with Crippen LogP contribution in [0, 0.1) is 5.41 Å². The third-order valence-corrected chi connectivity index (χ3v) is 3.93. The van der Waals surface area contributed by atoms with E-state index in [-0.39, 0.29) is 11.6 Å². The highest BCUT2D eigenvalue weighted by Crippen LogP contribution is 2.19. The van der Waals surface area contributed by atoms with Crippen molar-refractivity contribution >= 4 is 11.9 Å². The summed E-state index contributed by atoms with van der Waals surface area (Å²) in [5.74, 6) is -1.05. The van der Waals surface area contributed by atoms with Gasteiger partial charge in [-0.3, -0.25) is 4.79 Å². The molecule has 0 aliphatic heterocycles. The van der Waals surface area contributed by atoms with Crippen LogP contribution in [0.4, 0.5) is 0 Å². The topological polar surface area (TPSA) is 84.2 Å². The van der Waals surface area contributed by atoms with Crippen LogP contribution in [-0.2, 0) is 11.3 Å². The Labute approximate surface area is 135 Å². The number of carbonyl (C=O) groups is 2. The Kier molecular flexibility index (Phi) is 4.83. The minimum absolute atomic E-state index is 0.00611. The van der Waals surface area contributed by atoms with E-state index in [1.807, 2.05) is 45.0 Å². The molecular weight excluding hydrogens is 294 g/mol. The minimum Gasteiger partial charge on any atom is -0.476 e. The van der Waals surface area contributed by atoms with Crippen LogP contribution in [0.1, 0.15) is 43.2 Å². The molecule has 0 bridgehead atoms. The van der Waals surface area contributed by atoms with Gasteiger partial charge in [0.05, 0.1) is 5.69 Å². The van der Waals surface area contributed by atoms with Gasteiger partial charge in [-0.1, -0.05) is 32.9 Å². The maximum absolute atomic E-state index is 12.1. The molecule has 0 saturated heterocycles.